The number of amides is 1. The Morgan fingerprint density at radius 3 is 2.52 bits per heavy atom. The van der Waals surface area contributed by atoms with E-state index in [1.54, 1.807) is 23.1 Å². The number of rotatable bonds is 7. The molecule has 178 valence electrons. The van der Waals surface area contributed by atoms with Crippen LogP contribution in [0.1, 0.15) is 12.8 Å². The maximum atomic E-state index is 14.2. The number of piperidine rings is 1. The predicted octanol–water partition coefficient (Wildman–Crippen LogP) is 4.15. The van der Waals surface area contributed by atoms with Crippen molar-refractivity contribution in [2.75, 3.05) is 45.2 Å². The van der Waals surface area contributed by atoms with Gasteiger partial charge in [0.1, 0.15) is 15.5 Å². The van der Waals surface area contributed by atoms with Crippen molar-refractivity contribution in [3.8, 4) is 0 Å². The Bertz CT molecular complexity index is 1250. The molecule has 0 N–H and O–H groups in total. The number of nitrogens with zero attached hydrogens (tertiary/aromatic N) is 4. The maximum absolute atomic E-state index is 14.2. The molecule has 1 aliphatic rings. The van der Waals surface area contributed by atoms with Crippen molar-refractivity contribution in [2.45, 2.75) is 17.1 Å². The minimum atomic E-state index is -3.62. The summed E-state index contributed by atoms with van der Waals surface area (Å²) < 4.78 is 42.7. The molecule has 4 rings (SSSR count). The molecule has 1 amide bonds. The number of carbonyl (C=O) groups is 1. The van der Waals surface area contributed by atoms with Crippen LogP contribution in [0.15, 0.2) is 34.5 Å². The molecule has 1 aliphatic heterocycles. The van der Waals surface area contributed by atoms with Gasteiger partial charge in [-0.3, -0.25) is 9.69 Å². The fraction of sp³-hybridized carbons (Fsp3) is 0.429. The van der Waals surface area contributed by atoms with E-state index in [4.69, 9.17) is 11.6 Å². The molecule has 0 aliphatic carbocycles. The minimum absolute atomic E-state index is 0.104. The van der Waals surface area contributed by atoms with Crippen molar-refractivity contribution >= 4 is 65.6 Å². The van der Waals surface area contributed by atoms with Gasteiger partial charge in [0.2, 0.25) is 5.91 Å². The number of sulfonamides is 1. The summed E-state index contributed by atoms with van der Waals surface area (Å²) in [5, 5.41) is 0.463. The van der Waals surface area contributed by atoms with Gasteiger partial charge in [0.25, 0.3) is 10.0 Å². The summed E-state index contributed by atoms with van der Waals surface area (Å²) in [5.41, 5.74) is 0.260. The molecule has 1 saturated heterocycles. The second kappa shape index (κ2) is 9.93. The van der Waals surface area contributed by atoms with Crippen molar-refractivity contribution in [1.29, 1.82) is 0 Å². The summed E-state index contributed by atoms with van der Waals surface area (Å²) in [5.74, 6) is -0.850. The standard InChI is InChI=1S/C21H24ClFN4O3S3/c1-25(2)12-13-27(21-24-19-15(23)4-3-5-16(19)31-21)20(28)14-8-10-26(11-9-14)33(29,30)18-7-6-17(22)32-18/h3-7,14H,8-13H2,1-2H3. The van der Waals surface area contributed by atoms with Crippen molar-refractivity contribution in [1.82, 2.24) is 14.2 Å². The molecule has 0 bridgehead atoms. The molecular formula is C21H24ClFN4O3S3. The second-order valence-electron chi connectivity index (χ2n) is 8.11. The van der Waals surface area contributed by atoms with Gasteiger partial charge in [0, 0.05) is 32.1 Å². The monoisotopic (exact) mass is 530 g/mol. The predicted molar refractivity (Wildman–Crippen MR) is 131 cm³/mol. The summed E-state index contributed by atoms with van der Waals surface area (Å²) in [6.07, 6.45) is 0.823. The summed E-state index contributed by atoms with van der Waals surface area (Å²) in [7, 11) is 0.213. The highest BCUT2D eigenvalue weighted by Gasteiger charge is 2.35. The van der Waals surface area contributed by atoms with Crippen LogP contribution in [0.5, 0.6) is 0 Å². The summed E-state index contributed by atoms with van der Waals surface area (Å²) in [4.78, 5) is 21.5. The van der Waals surface area contributed by atoms with Crippen molar-refractivity contribution < 1.29 is 17.6 Å². The van der Waals surface area contributed by atoms with E-state index in [0.29, 0.717) is 40.1 Å². The van der Waals surface area contributed by atoms with Crippen LogP contribution in [0.25, 0.3) is 10.2 Å². The number of carbonyl (C=O) groups excluding carboxylic acids is 1. The zero-order valence-electron chi connectivity index (χ0n) is 18.2. The molecule has 2 aromatic heterocycles. The third kappa shape index (κ3) is 5.23. The molecule has 12 heteroatoms. The molecule has 0 saturated carbocycles. The third-order valence-electron chi connectivity index (χ3n) is 5.57. The number of benzene rings is 1. The highest BCUT2D eigenvalue weighted by atomic mass is 35.5. The second-order valence-corrected chi connectivity index (χ2v) is 13.0. The molecule has 3 aromatic rings. The van der Waals surface area contributed by atoms with Gasteiger partial charge >= 0.3 is 0 Å². The van der Waals surface area contributed by atoms with E-state index < -0.39 is 15.8 Å². The van der Waals surface area contributed by atoms with E-state index in [9.17, 15) is 17.6 Å². The van der Waals surface area contributed by atoms with Crippen LogP contribution >= 0.6 is 34.3 Å². The number of aromatic nitrogens is 1. The van der Waals surface area contributed by atoms with Gasteiger partial charge in [-0.25, -0.2) is 17.8 Å². The lowest BCUT2D eigenvalue weighted by molar-refractivity contribution is -0.123. The van der Waals surface area contributed by atoms with Crippen LogP contribution < -0.4 is 4.90 Å². The Morgan fingerprint density at radius 2 is 1.91 bits per heavy atom. The van der Waals surface area contributed by atoms with Gasteiger partial charge < -0.3 is 4.90 Å². The first-order valence-electron chi connectivity index (χ1n) is 10.4. The van der Waals surface area contributed by atoms with E-state index in [0.717, 1.165) is 11.3 Å². The van der Waals surface area contributed by atoms with Crippen LogP contribution in [-0.4, -0.2) is 68.8 Å². The average Bonchev–Trinajstić information content (AvgIpc) is 3.41. The van der Waals surface area contributed by atoms with Crippen LogP contribution in [-0.2, 0) is 14.8 Å². The first kappa shape index (κ1) is 24.5. The Kier molecular flexibility index (Phi) is 7.37. The number of thiazole rings is 1. The Morgan fingerprint density at radius 1 is 1.18 bits per heavy atom. The lowest BCUT2D eigenvalue weighted by atomic mass is 9.96. The summed E-state index contributed by atoms with van der Waals surface area (Å²) in [6.45, 7) is 1.55. The van der Waals surface area contributed by atoms with E-state index >= 15 is 0 Å². The van der Waals surface area contributed by atoms with Crippen molar-refractivity contribution in [2.24, 2.45) is 5.92 Å². The molecule has 0 spiro atoms. The smallest absolute Gasteiger partial charge is 0.252 e. The first-order valence-corrected chi connectivity index (χ1v) is 13.9. The fourth-order valence-corrected chi connectivity index (χ4v) is 7.86. The Hall–Kier alpha value is -1.63. The molecular weight excluding hydrogens is 507 g/mol. The molecule has 33 heavy (non-hydrogen) atoms. The number of thiophene rings is 1. The van der Waals surface area contributed by atoms with Crippen LogP contribution in [0.2, 0.25) is 4.34 Å². The molecule has 1 fully saturated rings. The minimum Gasteiger partial charge on any atom is -0.308 e. The topological polar surface area (TPSA) is 73.8 Å². The molecule has 0 atom stereocenters. The highest BCUT2D eigenvalue weighted by molar-refractivity contribution is 7.91. The fourth-order valence-electron chi connectivity index (χ4n) is 3.75. The number of hydrogen-bond donors (Lipinski definition) is 0. The quantitative estimate of drug-likeness (QED) is 0.459. The molecule has 0 radical (unpaired) electrons. The van der Waals surface area contributed by atoms with Gasteiger partial charge in [0.15, 0.2) is 5.13 Å². The summed E-state index contributed by atoms with van der Waals surface area (Å²) in [6, 6.07) is 7.85. The number of anilines is 1. The number of hydrogen-bond acceptors (Lipinski definition) is 7. The van der Waals surface area contributed by atoms with Crippen LogP contribution in [0, 0.1) is 11.7 Å². The zero-order valence-corrected chi connectivity index (χ0v) is 21.4. The Balaban J connectivity index is 1.51. The van der Waals surface area contributed by atoms with Gasteiger partial charge in [-0.05, 0) is 51.2 Å². The highest BCUT2D eigenvalue weighted by Crippen LogP contribution is 2.34. The van der Waals surface area contributed by atoms with E-state index in [2.05, 4.69) is 4.98 Å². The number of halogens is 2. The van der Waals surface area contributed by atoms with Gasteiger partial charge in [-0.1, -0.05) is 29.0 Å². The number of para-hydroxylation sites is 1. The molecule has 0 unspecified atom stereocenters. The van der Waals surface area contributed by atoms with Gasteiger partial charge in [-0.15, -0.1) is 11.3 Å². The maximum Gasteiger partial charge on any atom is 0.252 e. The van der Waals surface area contributed by atoms with Crippen LogP contribution in [0.4, 0.5) is 9.52 Å². The van der Waals surface area contributed by atoms with Crippen molar-refractivity contribution in [3.05, 3.63) is 40.5 Å². The van der Waals surface area contributed by atoms with E-state index in [1.165, 1.54) is 27.8 Å². The van der Waals surface area contributed by atoms with Gasteiger partial charge in [-0.2, -0.15) is 4.31 Å². The SMILES string of the molecule is CN(C)CCN(C(=O)C1CCN(S(=O)(=O)c2ccc(Cl)s2)CC1)c1nc2c(F)cccc2s1. The zero-order chi connectivity index (χ0) is 23.8. The Labute approximate surface area is 205 Å². The van der Waals surface area contributed by atoms with E-state index in [1.807, 2.05) is 19.0 Å². The van der Waals surface area contributed by atoms with E-state index in [-0.39, 0.29) is 34.6 Å². The average molecular weight is 531 g/mol. The largest absolute Gasteiger partial charge is 0.308 e. The number of fused-ring (bicyclic) bond motifs is 1. The first-order chi connectivity index (χ1) is 15.7. The van der Waals surface area contributed by atoms with Crippen molar-refractivity contribution in [3.63, 3.8) is 0 Å². The number of likely N-dealkylation sites (N-methyl/N-ethyl adjacent to an activating group) is 1. The van der Waals surface area contributed by atoms with Gasteiger partial charge in [0.05, 0.1) is 9.04 Å². The lowest BCUT2D eigenvalue weighted by Gasteiger charge is -2.33. The summed E-state index contributed by atoms with van der Waals surface area (Å²) >= 11 is 8.22. The van der Waals surface area contributed by atoms with Crippen LogP contribution in [0.3, 0.4) is 0 Å². The molecule has 7 nitrogen and oxygen atoms in total. The lowest BCUT2D eigenvalue weighted by Crippen LogP contribution is -2.45. The third-order valence-corrected chi connectivity index (χ3v) is 10.2. The molecule has 1 aromatic carbocycles. The molecule has 3 heterocycles. The normalized spacial score (nSPS) is 16.0.